The first-order valence-electron chi connectivity index (χ1n) is 10.9. The fourth-order valence-corrected chi connectivity index (χ4v) is 3.98. The van der Waals surface area contributed by atoms with Crippen LogP contribution in [-0.2, 0) is 19.1 Å². The van der Waals surface area contributed by atoms with E-state index in [2.05, 4.69) is 22.8 Å². The molecule has 2 aromatic carbocycles. The van der Waals surface area contributed by atoms with Gasteiger partial charge in [0.1, 0.15) is 12.6 Å². The van der Waals surface area contributed by atoms with Gasteiger partial charge in [0.05, 0.1) is 12.0 Å². The maximum absolute atomic E-state index is 12.6. The van der Waals surface area contributed by atoms with Crippen molar-refractivity contribution in [3.63, 3.8) is 0 Å². The summed E-state index contributed by atoms with van der Waals surface area (Å²) in [5, 5.41) is 13.9. The van der Waals surface area contributed by atoms with E-state index in [4.69, 9.17) is 14.6 Å². The predicted molar refractivity (Wildman–Crippen MR) is 123 cm³/mol. The Morgan fingerprint density at radius 3 is 2.15 bits per heavy atom. The molecule has 0 fully saturated rings. The Kier molecular flexibility index (Phi) is 7.71. The number of nitrogens with one attached hydrogen (secondary N) is 2. The van der Waals surface area contributed by atoms with Crippen molar-refractivity contribution in [1.82, 2.24) is 10.6 Å². The molecule has 3 N–H and O–H groups in total. The van der Waals surface area contributed by atoms with Crippen LogP contribution in [0.15, 0.2) is 48.5 Å². The molecule has 2 amide bonds. The second-order valence-corrected chi connectivity index (χ2v) is 8.63. The summed E-state index contributed by atoms with van der Waals surface area (Å²) in [6.45, 7) is 3.68. The molecule has 8 nitrogen and oxygen atoms in total. The number of carboxylic acid groups (broad SMARTS) is 1. The minimum Gasteiger partial charge on any atom is -0.481 e. The monoisotopic (exact) mass is 454 g/mol. The van der Waals surface area contributed by atoms with Crippen LogP contribution in [0.2, 0.25) is 0 Å². The SMILES string of the molecule is COC(C)(C)CC(NC(=O)OCC1c2ccccc2-c2ccccc21)C(=O)NCCC(=O)O. The standard InChI is InChI=1S/C25H30N2O6/c1-25(2,32-3)14-21(23(30)26-13-12-22(28)29)27-24(31)33-15-20-18-10-6-4-8-16(18)17-9-5-7-11-19(17)20/h4-11,20-21H,12-15H2,1-3H3,(H,26,30)(H,27,31)(H,28,29). The third-order valence-corrected chi connectivity index (χ3v) is 5.84. The van der Waals surface area contributed by atoms with Gasteiger partial charge in [-0.2, -0.15) is 0 Å². The molecule has 0 heterocycles. The number of carbonyl (C=O) groups excluding carboxylic acids is 2. The van der Waals surface area contributed by atoms with E-state index in [1.54, 1.807) is 13.8 Å². The molecule has 1 atom stereocenters. The average Bonchev–Trinajstić information content (AvgIpc) is 3.10. The van der Waals surface area contributed by atoms with Gasteiger partial charge in [-0.15, -0.1) is 0 Å². The van der Waals surface area contributed by atoms with E-state index in [1.807, 2.05) is 36.4 Å². The number of carbonyl (C=O) groups is 3. The highest BCUT2D eigenvalue weighted by atomic mass is 16.5. The molecule has 0 saturated carbocycles. The zero-order valence-corrected chi connectivity index (χ0v) is 19.1. The zero-order chi connectivity index (χ0) is 24.0. The molecule has 0 spiro atoms. The van der Waals surface area contributed by atoms with Crippen LogP contribution in [0.25, 0.3) is 11.1 Å². The third-order valence-electron chi connectivity index (χ3n) is 5.84. The highest BCUT2D eigenvalue weighted by molar-refractivity contribution is 5.86. The summed E-state index contributed by atoms with van der Waals surface area (Å²) in [7, 11) is 1.52. The topological polar surface area (TPSA) is 114 Å². The Morgan fingerprint density at radius 2 is 1.61 bits per heavy atom. The van der Waals surface area contributed by atoms with Gasteiger partial charge in [0.2, 0.25) is 5.91 Å². The largest absolute Gasteiger partial charge is 0.481 e. The first kappa shape index (κ1) is 24.3. The number of rotatable bonds is 10. The van der Waals surface area contributed by atoms with Gasteiger partial charge in [0, 0.05) is 26.0 Å². The molecular weight excluding hydrogens is 424 g/mol. The summed E-state index contributed by atoms with van der Waals surface area (Å²) in [6, 6.07) is 15.1. The van der Waals surface area contributed by atoms with Crippen LogP contribution in [0.4, 0.5) is 4.79 Å². The van der Waals surface area contributed by atoms with Gasteiger partial charge in [0.25, 0.3) is 0 Å². The van der Waals surface area contributed by atoms with Gasteiger partial charge in [-0.3, -0.25) is 9.59 Å². The van der Waals surface area contributed by atoms with Crippen LogP contribution in [0.3, 0.4) is 0 Å². The highest BCUT2D eigenvalue weighted by Crippen LogP contribution is 2.44. The lowest BCUT2D eigenvalue weighted by atomic mass is 9.98. The summed E-state index contributed by atoms with van der Waals surface area (Å²) in [4.78, 5) is 36.0. The number of aliphatic carboxylic acids is 1. The van der Waals surface area contributed by atoms with Crippen molar-refractivity contribution < 1.29 is 29.0 Å². The predicted octanol–water partition coefficient (Wildman–Crippen LogP) is 3.30. The van der Waals surface area contributed by atoms with Crippen molar-refractivity contribution in [2.75, 3.05) is 20.3 Å². The molecule has 0 aliphatic heterocycles. The minimum atomic E-state index is -1.02. The molecule has 33 heavy (non-hydrogen) atoms. The minimum absolute atomic E-state index is 0.0373. The fraction of sp³-hybridized carbons (Fsp3) is 0.400. The lowest BCUT2D eigenvalue weighted by Crippen LogP contribution is -2.50. The van der Waals surface area contributed by atoms with Gasteiger partial charge in [0.15, 0.2) is 0 Å². The first-order valence-corrected chi connectivity index (χ1v) is 10.9. The van der Waals surface area contributed by atoms with Crippen LogP contribution in [0, 0.1) is 0 Å². The molecule has 0 saturated heterocycles. The quantitative estimate of drug-likeness (QED) is 0.508. The number of amides is 2. The van der Waals surface area contributed by atoms with Crippen LogP contribution in [0.5, 0.6) is 0 Å². The number of fused-ring (bicyclic) bond motifs is 3. The first-order chi connectivity index (χ1) is 15.7. The van der Waals surface area contributed by atoms with Crippen molar-refractivity contribution in [1.29, 1.82) is 0 Å². The molecule has 0 aromatic heterocycles. The Morgan fingerprint density at radius 1 is 1.03 bits per heavy atom. The van der Waals surface area contributed by atoms with Gasteiger partial charge < -0.3 is 25.2 Å². The Balaban J connectivity index is 1.66. The smallest absolute Gasteiger partial charge is 0.407 e. The zero-order valence-electron chi connectivity index (χ0n) is 19.1. The van der Waals surface area contributed by atoms with E-state index in [-0.39, 0.29) is 31.9 Å². The van der Waals surface area contributed by atoms with Crippen LogP contribution >= 0.6 is 0 Å². The van der Waals surface area contributed by atoms with Crippen molar-refractivity contribution >= 4 is 18.0 Å². The molecular formula is C25H30N2O6. The van der Waals surface area contributed by atoms with E-state index in [9.17, 15) is 14.4 Å². The second kappa shape index (κ2) is 10.5. The Labute approximate surface area is 193 Å². The molecule has 1 aliphatic carbocycles. The second-order valence-electron chi connectivity index (χ2n) is 8.63. The molecule has 2 aromatic rings. The normalized spacial score (nSPS) is 13.5. The Hall–Kier alpha value is -3.39. The van der Waals surface area contributed by atoms with Crippen molar-refractivity contribution in [2.24, 2.45) is 0 Å². The molecule has 0 radical (unpaired) electrons. The van der Waals surface area contributed by atoms with Gasteiger partial charge >= 0.3 is 12.1 Å². The van der Waals surface area contributed by atoms with Crippen LogP contribution in [-0.4, -0.2) is 55.0 Å². The number of ether oxygens (including phenoxy) is 2. The molecule has 0 bridgehead atoms. The number of benzene rings is 2. The highest BCUT2D eigenvalue weighted by Gasteiger charge is 2.32. The molecule has 3 rings (SSSR count). The van der Waals surface area contributed by atoms with E-state index in [1.165, 1.54) is 7.11 Å². The van der Waals surface area contributed by atoms with E-state index in [0.717, 1.165) is 22.3 Å². The molecule has 1 aliphatic rings. The molecule has 8 heteroatoms. The number of hydrogen-bond donors (Lipinski definition) is 3. The summed E-state index contributed by atoms with van der Waals surface area (Å²) in [6.07, 6.45) is -0.744. The molecule has 1 unspecified atom stereocenters. The van der Waals surface area contributed by atoms with Crippen molar-refractivity contribution in [2.45, 2.75) is 44.2 Å². The lowest BCUT2D eigenvalue weighted by Gasteiger charge is -2.28. The van der Waals surface area contributed by atoms with Gasteiger partial charge in [-0.05, 0) is 36.1 Å². The summed E-state index contributed by atoms with van der Waals surface area (Å²) >= 11 is 0. The van der Waals surface area contributed by atoms with Crippen molar-refractivity contribution in [3.05, 3.63) is 59.7 Å². The third kappa shape index (κ3) is 6.10. The summed E-state index contributed by atoms with van der Waals surface area (Å²) in [5.74, 6) is -1.61. The summed E-state index contributed by atoms with van der Waals surface area (Å²) < 4.78 is 10.9. The maximum Gasteiger partial charge on any atom is 0.407 e. The average molecular weight is 455 g/mol. The maximum atomic E-state index is 12.6. The van der Waals surface area contributed by atoms with Crippen molar-refractivity contribution in [3.8, 4) is 11.1 Å². The lowest BCUT2D eigenvalue weighted by molar-refractivity contribution is -0.137. The number of methoxy groups -OCH3 is 1. The number of carboxylic acids is 1. The van der Waals surface area contributed by atoms with Gasteiger partial charge in [-0.1, -0.05) is 48.5 Å². The summed E-state index contributed by atoms with van der Waals surface area (Å²) in [5.41, 5.74) is 3.75. The fourth-order valence-electron chi connectivity index (χ4n) is 3.98. The van der Waals surface area contributed by atoms with Crippen LogP contribution < -0.4 is 10.6 Å². The van der Waals surface area contributed by atoms with E-state index in [0.29, 0.717) is 0 Å². The van der Waals surface area contributed by atoms with Crippen LogP contribution in [0.1, 0.15) is 43.7 Å². The number of hydrogen-bond acceptors (Lipinski definition) is 5. The van der Waals surface area contributed by atoms with Gasteiger partial charge in [-0.25, -0.2) is 4.79 Å². The number of alkyl carbamates (subject to hydrolysis) is 1. The van der Waals surface area contributed by atoms with E-state index >= 15 is 0 Å². The Bertz CT molecular complexity index is 974. The van der Waals surface area contributed by atoms with E-state index < -0.39 is 29.6 Å². The molecule has 176 valence electrons.